The summed E-state index contributed by atoms with van der Waals surface area (Å²) in [4.78, 5) is 23.5. The molecular weight excluding hydrogens is 326 g/mol. The number of aliphatic hydroxyl groups excluding tert-OH is 1. The summed E-state index contributed by atoms with van der Waals surface area (Å²) in [7, 11) is 0. The van der Waals surface area contributed by atoms with Crippen LogP contribution in [-0.4, -0.2) is 40.6 Å². The van der Waals surface area contributed by atoms with Crippen molar-refractivity contribution in [3.8, 4) is 0 Å². The van der Waals surface area contributed by atoms with Crippen LogP contribution in [-0.2, 0) is 4.79 Å². The Labute approximate surface area is 138 Å². The van der Waals surface area contributed by atoms with Crippen LogP contribution < -0.4 is 16.6 Å². The molecule has 0 aliphatic carbocycles. The van der Waals surface area contributed by atoms with Crippen molar-refractivity contribution in [2.24, 2.45) is 5.73 Å². The van der Waals surface area contributed by atoms with Crippen molar-refractivity contribution < 1.29 is 14.7 Å². The van der Waals surface area contributed by atoms with Crippen LogP contribution in [0.3, 0.4) is 0 Å². The Morgan fingerprint density at radius 2 is 2.14 bits per heavy atom. The molecule has 8 heteroatoms. The monoisotopic (exact) mass is 345 g/mol. The molecule has 5 N–H and O–H groups in total. The van der Waals surface area contributed by atoms with Gasteiger partial charge in [-0.25, -0.2) is 0 Å². The number of amides is 2. The van der Waals surface area contributed by atoms with Crippen LogP contribution in [0.2, 0.25) is 5.02 Å². The van der Waals surface area contributed by atoms with Crippen molar-refractivity contribution in [3.63, 3.8) is 0 Å². The Morgan fingerprint density at radius 1 is 1.41 bits per heavy atom. The highest BCUT2D eigenvalue weighted by atomic mass is 35.5. The Hall–Kier alpha value is -1.28. The van der Waals surface area contributed by atoms with E-state index in [1.165, 1.54) is 6.07 Å². The molecule has 0 aromatic heterocycles. The molecule has 0 saturated carbocycles. The molecule has 0 bridgehead atoms. The Balaban J connectivity index is 2.42. The highest BCUT2D eigenvalue weighted by Crippen LogP contribution is 2.10. The first-order valence-electron chi connectivity index (χ1n) is 6.82. The van der Waals surface area contributed by atoms with E-state index in [4.69, 9.17) is 17.3 Å². The van der Waals surface area contributed by atoms with Gasteiger partial charge in [-0.2, -0.15) is 11.8 Å². The third-order valence-electron chi connectivity index (χ3n) is 2.86. The van der Waals surface area contributed by atoms with E-state index >= 15 is 0 Å². The van der Waals surface area contributed by atoms with Crippen molar-refractivity contribution in [1.29, 1.82) is 0 Å². The number of carbonyl (C=O) groups is 2. The molecule has 1 rings (SSSR count). The smallest absolute Gasteiger partial charge is 0.269 e. The average Bonchev–Trinajstić information content (AvgIpc) is 2.51. The lowest BCUT2D eigenvalue weighted by Crippen LogP contribution is -2.52. The molecule has 0 spiro atoms. The first kappa shape index (κ1) is 18.8. The quantitative estimate of drug-likeness (QED) is 0.435. The van der Waals surface area contributed by atoms with Crippen LogP contribution in [0.25, 0.3) is 0 Å². The maximum absolute atomic E-state index is 11.8. The SMILES string of the molecule is CCSCC[C@@H](N)[C@@H](O)C(=O)NNC(=O)c1cccc(Cl)c1. The number of aliphatic hydroxyl groups is 1. The number of hydrogen-bond acceptors (Lipinski definition) is 5. The minimum atomic E-state index is -1.38. The van der Waals surface area contributed by atoms with Gasteiger partial charge in [0.05, 0.1) is 0 Å². The molecule has 0 radical (unpaired) electrons. The molecular formula is C14H20ClN3O3S. The lowest BCUT2D eigenvalue weighted by Gasteiger charge is -2.18. The van der Waals surface area contributed by atoms with Crippen molar-refractivity contribution >= 4 is 35.2 Å². The van der Waals surface area contributed by atoms with E-state index in [1.54, 1.807) is 30.0 Å². The molecule has 0 aliphatic rings. The summed E-state index contributed by atoms with van der Waals surface area (Å²) < 4.78 is 0. The normalized spacial score (nSPS) is 13.3. The summed E-state index contributed by atoms with van der Waals surface area (Å²) in [6, 6.07) is 5.59. The predicted octanol–water partition coefficient (Wildman–Crippen LogP) is 0.932. The van der Waals surface area contributed by atoms with Gasteiger partial charge in [-0.05, 0) is 36.1 Å². The summed E-state index contributed by atoms with van der Waals surface area (Å²) in [6.07, 6.45) is -0.868. The number of benzene rings is 1. The highest BCUT2D eigenvalue weighted by Gasteiger charge is 2.23. The zero-order valence-electron chi connectivity index (χ0n) is 12.2. The van der Waals surface area contributed by atoms with Crippen molar-refractivity contribution in [1.82, 2.24) is 10.9 Å². The summed E-state index contributed by atoms with van der Waals surface area (Å²) in [5.41, 5.74) is 10.4. The molecule has 0 saturated heterocycles. The van der Waals surface area contributed by atoms with Gasteiger partial charge in [0.15, 0.2) is 0 Å². The number of carbonyl (C=O) groups excluding carboxylic acids is 2. The van der Waals surface area contributed by atoms with E-state index in [-0.39, 0.29) is 0 Å². The first-order valence-corrected chi connectivity index (χ1v) is 8.36. The summed E-state index contributed by atoms with van der Waals surface area (Å²) in [5, 5.41) is 10.2. The Morgan fingerprint density at radius 3 is 2.77 bits per heavy atom. The molecule has 2 atom stereocenters. The van der Waals surface area contributed by atoms with Gasteiger partial charge >= 0.3 is 0 Å². The molecule has 1 aromatic rings. The highest BCUT2D eigenvalue weighted by molar-refractivity contribution is 7.99. The van der Waals surface area contributed by atoms with Crippen molar-refractivity contribution in [2.45, 2.75) is 25.5 Å². The number of hydrazine groups is 1. The Bertz CT molecular complexity index is 516. The minimum Gasteiger partial charge on any atom is -0.382 e. The number of halogens is 1. The lowest BCUT2D eigenvalue weighted by atomic mass is 10.1. The molecule has 0 unspecified atom stereocenters. The van der Waals surface area contributed by atoms with Crippen LogP contribution >= 0.6 is 23.4 Å². The fourth-order valence-electron chi connectivity index (χ4n) is 1.61. The second-order valence-corrected chi connectivity index (χ2v) is 6.38. The third kappa shape index (κ3) is 6.23. The second kappa shape index (κ2) is 9.68. The third-order valence-corrected chi connectivity index (χ3v) is 4.03. The van der Waals surface area contributed by atoms with Gasteiger partial charge in [0.1, 0.15) is 6.10 Å². The Kier molecular flexibility index (Phi) is 8.26. The van der Waals surface area contributed by atoms with E-state index in [0.29, 0.717) is 17.0 Å². The van der Waals surface area contributed by atoms with E-state index in [2.05, 4.69) is 10.9 Å². The predicted molar refractivity (Wildman–Crippen MR) is 88.7 cm³/mol. The zero-order chi connectivity index (χ0) is 16.5. The fraction of sp³-hybridized carbons (Fsp3) is 0.429. The van der Waals surface area contributed by atoms with Gasteiger partial charge in [-0.15, -0.1) is 0 Å². The van der Waals surface area contributed by atoms with E-state index in [1.807, 2.05) is 6.92 Å². The van der Waals surface area contributed by atoms with Crippen LogP contribution in [0, 0.1) is 0 Å². The number of nitrogens with two attached hydrogens (primary N) is 1. The van der Waals surface area contributed by atoms with Crippen LogP contribution in [0.4, 0.5) is 0 Å². The number of nitrogens with one attached hydrogen (secondary N) is 2. The molecule has 122 valence electrons. The van der Waals surface area contributed by atoms with Gasteiger partial charge < -0.3 is 10.8 Å². The largest absolute Gasteiger partial charge is 0.382 e. The van der Waals surface area contributed by atoms with Crippen LogP contribution in [0.1, 0.15) is 23.7 Å². The zero-order valence-corrected chi connectivity index (χ0v) is 13.8. The fourth-order valence-corrected chi connectivity index (χ4v) is 2.53. The standard InChI is InChI=1S/C14H20ClN3O3S/c1-2-22-7-6-11(16)12(19)14(21)18-17-13(20)9-4-3-5-10(15)8-9/h3-5,8,11-12,19H,2,6-7,16H2,1H3,(H,17,20)(H,18,21)/t11-,12-/m1/s1. The number of rotatable bonds is 7. The van der Waals surface area contributed by atoms with E-state index in [0.717, 1.165) is 11.5 Å². The van der Waals surface area contributed by atoms with E-state index in [9.17, 15) is 14.7 Å². The maximum Gasteiger partial charge on any atom is 0.269 e. The van der Waals surface area contributed by atoms with E-state index < -0.39 is 24.0 Å². The molecule has 0 fully saturated rings. The molecule has 0 aliphatic heterocycles. The van der Waals surface area contributed by atoms with Crippen LogP contribution in [0.15, 0.2) is 24.3 Å². The molecule has 1 aromatic carbocycles. The molecule has 2 amide bonds. The lowest BCUT2D eigenvalue weighted by molar-refractivity contribution is -0.131. The summed E-state index contributed by atoms with van der Waals surface area (Å²) in [5.74, 6) is 0.434. The van der Waals surface area contributed by atoms with Gasteiger partial charge in [0, 0.05) is 16.6 Å². The van der Waals surface area contributed by atoms with Gasteiger partial charge in [0.2, 0.25) is 0 Å². The van der Waals surface area contributed by atoms with Crippen molar-refractivity contribution in [2.75, 3.05) is 11.5 Å². The molecule has 0 heterocycles. The second-order valence-electron chi connectivity index (χ2n) is 4.55. The average molecular weight is 346 g/mol. The number of thioether (sulfide) groups is 1. The van der Waals surface area contributed by atoms with Gasteiger partial charge in [-0.3, -0.25) is 20.4 Å². The summed E-state index contributed by atoms with van der Waals surface area (Å²) >= 11 is 7.46. The summed E-state index contributed by atoms with van der Waals surface area (Å²) in [6.45, 7) is 2.02. The molecule has 6 nitrogen and oxygen atoms in total. The number of hydrogen-bond donors (Lipinski definition) is 4. The van der Waals surface area contributed by atoms with Gasteiger partial charge in [-0.1, -0.05) is 24.6 Å². The van der Waals surface area contributed by atoms with Crippen molar-refractivity contribution in [3.05, 3.63) is 34.9 Å². The van der Waals surface area contributed by atoms with Gasteiger partial charge in [0.25, 0.3) is 11.8 Å². The maximum atomic E-state index is 11.8. The molecule has 22 heavy (non-hydrogen) atoms. The topological polar surface area (TPSA) is 104 Å². The van der Waals surface area contributed by atoms with Crippen LogP contribution in [0.5, 0.6) is 0 Å². The minimum absolute atomic E-state index is 0.297. The first-order chi connectivity index (χ1) is 10.5.